The molecule has 0 atom stereocenters. The Bertz CT molecular complexity index is 736. The van der Waals surface area contributed by atoms with Crippen molar-refractivity contribution in [3.05, 3.63) is 54.4 Å². The third-order valence-corrected chi connectivity index (χ3v) is 3.03. The maximum atomic E-state index is 5.49. The van der Waals surface area contributed by atoms with Crippen LogP contribution in [0.5, 0.6) is 0 Å². The quantitative estimate of drug-likeness (QED) is 0.550. The van der Waals surface area contributed by atoms with Crippen molar-refractivity contribution >= 4 is 5.82 Å². The third-order valence-electron chi connectivity index (χ3n) is 3.03. The van der Waals surface area contributed by atoms with Gasteiger partial charge < -0.3 is 5.43 Å². The van der Waals surface area contributed by atoms with E-state index in [2.05, 4.69) is 25.5 Å². The molecule has 3 rings (SSSR count). The van der Waals surface area contributed by atoms with Gasteiger partial charge in [0, 0.05) is 43.7 Å². The second-order valence-corrected chi connectivity index (χ2v) is 4.63. The van der Waals surface area contributed by atoms with Crippen LogP contribution in [0.3, 0.4) is 0 Å². The van der Waals surface area contributed by atoms with Crippen molar-refractivity contribution in [1.82, 2.24) is 24.7 Å². The van der Waals surface area contributed by atoms with Crippen molar-refractivity contribution in [2.75, 3.05) is 5.43 Å². The molecule has 3 aromatic heterocycles. The van der Waals surface area contributed by atoms with Gasteiger partial charge in [0.15, 0.2) is 0 Å². The summed E-state index contributed by atoms with van der Waals surface area (Å²) in [7, 11) is 1.87. The van der Waals surface area contributed by atoms with Gasteiger partial charge in [0.25, 0.3) is 0 Å². The first kappa shape index (κ1) is 13.2. The molecule has 3 heterocycles. The van der Waals surface area contributed by atoms with E-state index in [9.17, 15) is 0 Å². The van der Waals surface area contributed by atoms with Gasteiger partial charge in [-0.15, -0.1) is 0 Å². The molecule has 0 aliphatic heterocycles. The lowest BCUT2D eigenvalue weighted by Gasteiger charge is -2.06. The summed E-state index contributed by atoms with van der Waals surface area (Å²) in [5.74, 6) is 6.76. The minimum absolute atomic E-state index is 0.577. The molecule has 0 aliphatic rings. The fourth-order valence-electron chi connectivity index (χ4n) is 2.03. The normalized spacial score (nSPS) is 10.6. The number of aromatic nitrogens is 5. The highest BCUT2D eigenvalue weighted by Crippen LogP contribution is 2.19. The van der Waals surface area contributed by atoms with Crippen LogP contribution in [0.25, 0.3) is 11.3 Å². The van der Waals surface area contributed by atoms with Gasteiger partial charge in [-0.25, -0.2) is 15.8 Å². The largest absolute Gasteiger partial charge is 0.308 e. The highest BCUT2D eigenvalue weighted by Gasteiger charge is 2.08. The first-order valence-electron chi connectivity index (χ1n) is 6.47. The summed E-state index contributed by atoms with van der Waals surface area (Å²) >= 11 is 0. The van der Waals surface area contributed by atoms with Gasteiger partial charge >= 0.3 is 0 Å². The van der Waals surface area contributed by atoms with Crippen molar-refractivity contribution in [3.63, 3.8) is 0 Å². The molecule has 21 heavy (non-hydrogen) atoms. The Labute approximate surface area is 121 Å². The number of hydrogen-bond donors (Lipinski definition) is 2. The molecule has 3 N–H and O–H groups in total. The predicted molar refractivity (Wildman–Crippen MR) is 79.1 cm³/mol. The van der Waals surface area contributed by atoms with E-state index in [-0.39, 0.29) is 0 Å². The number of aryl methyl sites for hydroxylation is 1. The van der Waals surface area contributed by atoms with Crippen LogP contribution in [0.1, 0.15) is 11.4 Å². The summed E-state index contributed by atoms with van der Waals surface area (Å²) in [6, 6.07) is 5.68. The smallest absolute Gasteiger partial charge is 0.144 e. The molecular formula is C14H15N7. The second-order valence-electron chi connectivity index (χ2n) is 4.63. The number of nitrogen functional groups attached to an aromatic ring is 1. The van der Waals surface area contributed by atoms with Crippen molar-refractivity contribution in [2.24, 2.45) is 12.9 Å². The van der Waals surface area contributed by atoms with Gasteiger partial charge in [0.1, 0.15) is 11.6 Å². The van der Waals surface area contributed by atoms with Crippen LogP contribution in [0.15, 0.2) is 43.0 Å². The first-order valence-corrected chi connectivity index (χ1v) is 6.47. The SMILES string of the molecule is Cn1cc(-c2cc(NN)nc(Cc3ccncc3)n2)cn1. The van der Waals surface area contributed by atoms with Crippen LogP contribution in [0.4, 0.5) is 5.82 Å². The van der Waals surface area contributed by atoms with Crippen LogP contribution >= 0.6 is 0 Å². The Morgan fingerprint density at radius 1 is 1.24 bits per heavy atom. The Morgan fingerprint density at radius 2 is 2.05 bits per heavy atom. The fourth-order valence-corrected chi connectivity index (χ4v) is 2.03. The van der Waals surface area contributed by atoms with Crippen molar-refractivity contribution in [3.8, 4) is 11.3 Å². The van der Waals surface area contributed by atoms with Crippen LogP contribution < -0.4 is 11.3 Å². The molecule has 0 radical (unpaired) electrons. The lowest BCUT2D eigenvalue weighted by atomic mass is 10.2. The Balaban J connectivity index is 1.97. The van der Waals surface area contributed by atoms with Gasteiger partial charge in [0.2, 0.25) is 0 Å². The van der Waals surface area contributed by atoms with Gasteiger partial charge in [-0.1, -0.05) is 0 Å². The van der Waals surface area contributed by atoms with Crippen LogP contribution in [0, 0.1) is 0 Å². The number of pyridine rings is 1. The molecule has 0 amide bonds. The molecule has 0 saturated heterocycles. The summed E-state index contributed by atoms with van der Waals surface area (Å²) in [5.41, 5.74) is 5.38. The van der Waals surface area contributed by atoms with Gasteiger partial charge in [-0.05, 0) is 17.7 Å². The van der Waals surface area contributed by atoms with Crippen molar-refractivity contribution < 1.29 is 0 Å². The zero-order chi connectivity index (χ0) is 14.7. The Morgan fingerprint density at radius 3 is 2.71 bits per heavy atom. The zero-order valence-corrected chi connectivity index (χ0v) is 11.6. The molecule has 0 fully saturated rings. The topological polar surface area (TPSA) is 94.5 Å². The van der Waals surface area contributed by atoms with E-state index in [1.165, 1.54) is 0 Å². The summed E-state index contributed by atoms with van der Waals surface area (Å²) in [6.07, 6.45) is 7.79. The lowest BCUT2D eigenvalue weighted by molar-refractivity contribution is 0.768. The summed E-state index contributed by atoms with van der Waals surface area (Å²) in [4.78, 5) is 13.0. The first-order chi connectivity index (χ1) is 10.2. The molecule has 0 spiro atoms. The van der Waals surface area contributed by atoms with E-state index >= 15 is 0 Å². The van der Waals surface area contributed by atoms with Gasteiger partial charge in [0.05, 0.1) is 11.9 Å². The zero-order valence-electron chi connectivity index (χ0n) is 11.6. The number of nitrogens with two attached hydrogens (primary N) is 1. The monoisotopic (exact) mass is 281 g/mol. The van der Waals surface area contributed by atoms with Crippen LogP contribution in [0.2, 0.25) is 0 Å². The minimum atomic E-state index is 0.577. The molecule has 0 unspecified atom stereocenters. The van der Waals surface area contributed by atoms with Gasteiger partial charge in [-0.3, -0.25) is 9.67 Å². The van der Waals surface area contributed by atoms with Gasteiger partial charge in [-0.2, -0.15) is 5.10 Å². The number of anilines is 1. The third kappa shape index (κ3) is 3.03. The highest BCUT2D eigenvalue weighted by atomic mass is 15.3. The molecule has 7 heteroatoms. The number of rotatable bonds is 4. The average molecular weight is 281 g/mol. The lowest BCUT2D eigenvalue weighted by Crippen LogP contribution is -2.11. The van der Waals surface area contributed by atoms with E-state index in [0.29, 0.717) is 18.1 Å². The number of hydrogen-bond acceptors (Lipinski definition) is 6. The number of nitrogens with zero attached hydrogens (tertiary/aromatic N) is 5. The Hall–Kier alpha value is -2.80. The van der Waals surface area contributed by atoms with E-state index in [0.717, 1.165) is 16.8 Å². The number of nitrogens with one attached hydrogen (secondary N) is 1. The van der Waals surface area contributed by atoms with E-state index in [1.807, 2.05) is 25.4 Å². The number of hydrazine groups is 1. The molecular weight excluding hydrogens is 266 g/mol. The van der Waals surface area contributed by atoms with Crippen molar-refractivity contribution in [2.45, 2.75) is 6.42 Å². The summed E-state index contributed by atoms with van der Waals surface area (Å²) in [5, 5.41) is 4.16. The summed E-state index contributed by atoms with van der Waals surface area (Å²) < 4.78 is 1.73. The maximum Gasteiger partial charge on any atom is 0.144 e. The summed E-state index contributed by atoms with van der Waals surface area (Å²) in [6.45, 7) is 0. The molecule has 0 aromatic carbocycles. The van der Waals surface area contributed by atoms with Crippen LogP contribution in [-0.2, 0) is 13.5 Å². The highest BCUT2D eigenvalue weighted by molar-refractivity contribution is 5.60. The second kappa shape index (κ2) is 5.68. The van der Waals surface area contributed by atoms with E-state index in [4.69, 9.17) is 5.84 Å². The minimum Gasteiger partial charge on any atom is -0.308 e. The molecule has 0 bridgehead atoms. The standard InChI is InChI=1S/C14H15N7/c1-21-9-11(8-17-21)12-7-14(20-15)19-13(18-12)6-10-2-4-16-5-3-10/h2-5,7-9H,6,15H2,1H3,(H,18,19,20). The van der Waals surface area contributed by atoms with Crippen molar-refractivity contribution in [1.29, 1.82) is 0 Å². The molecule has 0 aliphatic carbocycles. The van der Waals surface area contributed by atoms with E-state index in [1.54, 1.807) is 29.3 Å². The van der Waals surface area contributed by atoms with E-state index < -0.39 is 0 Å². The van der Waals surface area contributed by atoms with Crippen LogP contribution in [-0.4, -0.2) is 24.7 Å². The Kier molecular flexibility index (Phi) is 3.57. The molecule has 3 aromatic rings. The maximum absolute atomic E-state index is 5.49. The molecule has 7 nitrogen and oxygen atoms in total. The average Bonchev–Trinajstić information content (AvgIpc) is 2.94. The predicted octanol–water partition coefficient (Wildman–Crippen LogP) is 1.15. The molecule has 0 saturated carbocycles. The molecule has 106 valence electrons. The fraction of sp³-hybridized carbons (Fsp3) is 0.143.